The third-order valence-electron chi connectivity index (χ3n) is 7.00. The first-order chi connectivity index (χ1) is 22.6. The maximum atomic E-state index is 13.6. The van der Waals surface area contributed by atoms with Gasteiger partial charge in [-0.3, -0.25) is 4.90 Å². The van der Waals surface area contributed by atoms with Crippen LogP contribution in [0.15, 0.2) is 57.6 Å². The van der Waals surface area contributed by atoms with Gasteiger partial charge in [-0.05, 0) is 46.8 Å². The van der Waals surface area contributed by atoms with Gasteiger partial charge in [0.1, 0.15) is 33.8 Å². The largest absolute Gasteiger partial charge is 0.495 e. The third kappa shape index (κ3) is 10.6. The zero-order chi connectivity index (χ0) is 35.6. The van der Waals surface area contributed by atoms with Gasteiger partial charge < -0.3 is 35.4 Å². The van der Waals surface area contributed by atoms with Crippen molar-refractivity contribution in [1.29, 1.82) is 5.26 Å². The molecule has 0 radical (unpaired) electrons. The van der Waals surface area contributed by atoms with E-state index in [1.165, 1.54) is 26.4 Å². The number of rotatable bonds is 17. The number of hydrogen-bond donors (Lipinski definition) is 5. The summed E-state index contributed by atoms with van der Waals surface area (Å²) in [5.41, 5.74) is 0.691. The summed E-state index contributed by atoms with van der Waals surface area (Å²) >= 11 is 0. The zero-order valence-corrected chi connectivity index (χ0v) is 29.2. The topological polar surface area (TPSA) is 202 Å². The van der Waals surface area contributed by atoms with Gasteiger partial charge in [0.25, 0.3) is 0 Å². The highest BCUT2D eigenvalue weighted by Gasteiger charge is 2.26. The maximum Gasteiger partial charge on any atom is 0.183 e. The molecule has 0 aliphatic rings. The Bertz CT molecular complexity index is 1720. The maximum absolute atomic E-state index is 13.6. The lowest BCUT2D eigenvalue weighted by molar-refractivity contribution is 0.0236. The second-order valence-electron chi connectivity index (χ2n) is 12.1. The number of nitrogens with one attached hydrogen (secondary N) is 2. The van der Waals surface area contributed by atoms with E-state index in [1.807, 2.05) is 30.3 Å². The van der Waals surface area contributed by atoms with E-state index in [4.69, 9.17) is 9.47 Å². The Hall–Kier alpha value is -4.33. The lowest BCUT2D eigenvalue weighted by atomic mass is 10.1. The molecule has 0 amide bonds. The van der Waals surface area contributed by atoms with Crippen LogP contribution >= 0.6 is 0 Å². The summed E-state index contributed by atoms with van der Waals surface area (Å²) in [5, 5.41) is 55.2. The van der Waals surface area contributed by atoms with Crippen molar-refractivity contribution in [2.24, 2.45) is 10.2 Å². The number of aliphatic hydroxyl groups is 3. The Labute approximate surface area is 282 Å². The molecule has 14 nitrogen and oxygen atoms in total. The minimum atomic E-state index is -3.94. The predicted molar refractivity (Wildman–Crippen MR) is 184 cm³/mol. The number of pyridine rings is 1. The number of azo groups is 1. The molecule has 0 saturated heterocycles. The van der Waals surface area contributed by atoms with E-state index in [1.54, 1.807) is 39.5 Å². The summed E-state index contributed by atoms with van der Waals surface area (Å²) in [5.74, 6) is 0.336. The fraction of sp³-hybridized carbons (Fsp3) is 0.455. The summed E-state index contributed by atoms with van der Waals surface area (Å²) in [6.45, 7) is 8.65. The fourth-order valence-electron chi connectivity index (χ4n) is 4.86. The second kappa shape index (κ2) is 16.7. The van der Waals surface area contributed by atoms with E-state index in [9.17, 15) is 29.0 Å². The average molecular weight is 684 g/mol. The molecule has 1 aromatic heterocycles. The number of nitriles is 1. The molecule has 0 aliphatic carbocycles. The van der Waals surface area contributed by atoms with Crippen LogP contribution < -0.4 is 20.1 Å². The Morgan fingerprint density at radius 2 is 1.71 bits per heavy atom. The summed E-state index contributed by atoms with van der Waals surface area (Å²) in [4.78, 5) is 6.16. The highest BCUT2D eigenvalue weighted by molar-refractivity contribution is 7.91. The van der Waals surface area contributed by atoms with Crippen molar-refractivity contribution in [1.82, 2.24) is 9.88 Å². The lowest BCUT2D eigenvalue weighted by Crippen LogP contribution is -2.43. The molecule has 15 heteroatoms. The number of sulfone groups is 1. The van der Waals surface area contributed by atoms with Crippen molar-refractivity contribution in [2.75, 3.05) is 56.8 Å². The Balaban J connectivity index is 2.03. The molecule has 48 heavy (non-hydrogen) atoms. The van der Waals surface area contributed by atoms with Crippen molar-refractivity contribution >= 4 is 38.5 Å². The molecule has 3 rings (SSSR count). The molecule has 0 spiro atoms. The summed E-state index contributed by atoms with van der Waals surface area (Å²) in [6, 6.07) is 14.1. The number of aliphatic hydroxyl groups excluding tert-OH is 2. The predicted octanol–water partition coefficient (Wildman–Crippen LogP) is 4.46. The van der Waals surface area contributed by atoms with Crippen molar-refractivity contribution in [3.8, 4) is 17.6 Å². The van der Waals surface area contributed by atoms with E-state index in [0.717, 1.165) is 5.69 Å². The molecule has 2 aromatic carbocycles. The SMILES string of the molecule is COc1cc(S(=O)(=O)CCN(CC(C)O)CC(C)(C)O)c(OC)cc1/N=N/c1c(NCC(C)O)nc(Nc2ccccc2)c(C#N)c1C. The number of ether oxygens (including phenoxy) is 2. The van der Waals surface area contributed by atoms with E-state index in [-0.39, 0.29) is 76.9 Å². The number of hydrogen-bond acceptors (Lipinski definition) is 14. The monoisotopic (exact) mass is 683 g/mol. The van der Waals surface area contributed by atoms with Gasteiger partial charge in [-0.1, -0.05) is 18.2 Å². The highest BCUT2D eigenvalue weighted by Crippen LogP contribution is 2.41. The van der Waals surface area contributed by atoms with Crippen LogP contribution in [0.25, 0.3) is 0 Å². The van der Waals surface area contributed by atoms with Crippen LogP contribution in [-0.2, 0) is 9.84 Å². The molecule has 5 N–H and O–H groups in total. The fourth-order valence-corrected chi connectivity index (χ4v) is 6.32. The van der Waals surface area contributed by atoms with Crippen molar-refractivity contribution in [3.05, 3.63) is 53.6 Å². The number of para-hydroxylation sites is 1. The molecule has 260 valence electrons. The van der Waals surface area contributed by atoms with Crippen molar-refractivity contribution in [2.45, 2.75) is 57.3 Å². The van der Waals surface area contributed by atoms with Crippen LogP contribution in [0.3, 0.4) is 0 Å². The first kappa shape index (κ1) is 38.1. The third-order valence-corrected chi connectivity index (χ3v) is 8.70. The summed E-state index contributed by atoms with van der Waals surface area (Å²) in [7, 11) is -1.24. The van der Waals surface area contributed by atoms with Gasteiger partial charge in [0.15, 0.2) is 21.5 Å². The molecule has 2 unspecified atom stereocenters. The number of anilines is 3. The van der Waals surface area contributed by atoms with Gasteiger partial charge in [-0.2, -0.15) is 5.26 Å². The van der Waals surface area contributed by atoms with Crippen LogP contribution in [0.4, 0.5) is 28.7 Å². The van der Waals surface area contributed by atoms with E-state index in [2.05, 4.69) is 31.9 Å². The van der Waals surface area contributed by atoms with Gasteiger partial charge in [-0.15, -0.1) is 10.2 Å². The highest BCUT2D eigenvalue weighted by atomic mass is 32.2. The van der Waals surface area contributed by atoms with E-state index in [0.29, 0.717) is 5.56 Å². The standard InChI is InChI=1S/C33H45N7O7S/c1-21(41)18-35-32-30(23(3)25(17-34)31(37-32)36-24-11-9-8-10-12-24)39-38-26-15-28(47-7)29(16-27(26)46-6)48(44,45)14-13-40(19-22(2)42)20-33(4,5)43/h8-12,15-16,21-22,41-43H,13-14,18-20H2,1-7H3,(H2,35,36,37)/b39-38+. The summed E-state index contributed by atoms with van der Waals surface area (Å²) in [6.07, 6.45) is -1.44. The van der Waals surface area contributed by atoms with Gasteiger partial charge in [0.05, 0.1) is 43.3 Å². The Morgan fingerprint density at radius 1 is 1.04 bits per heavy atom. The number of aromatic nitrogens is 1. The van der Waals surface area contributed by atoms with Crippen LogP contribution in [0, 0.1) is 18.3 Å². The van der Waals surface area contributed by atoms with Crippen LogP contribution in [0.1, 0.15) is 38.8 Å². The molecule has 1 heterocycles. The zero-order valence-electron chi connectivity index (χ0n) is 28.4. The van der Waals surface area contributed by atoms with Crippen LogP contribution in [0.5, 0.6) is 11.5 Å². The molecular weight excluding hydrogens is 638 g/mol. The molecule has 2 atom stereocenters. The average Bonchev–Trinajstić information content (AvgIpc) is 3.01. The first-order valence-corrected chi connectivity index (χ1v) is 17.0. The van der Waals surface area contributed by atoms with Gasteiger partial charge >= 0.3 is 0 Å². The van der Waals surface area contributed by atoms with Gasteiger partial charge in [0.2, 0.25) is 0 Å². The molecule has 0 saturated carbocycles. The smallest absolute Gasteiger partial charge is 0.183 e. The minimum absolute atomic E-state index is 0.0109. The number of nitrogens with zero attached hydrogens (tertiary/aromatic N) is 5. The molecule has 3 aromatic rings. The van der Waals surface area contributed by atoms with Gasteiger partial charge in [0, 0.05) is 49.6 Å². The lowest BCUT2D eigenvalue weighted by Gasteiger charge is -2.29. The molecule has 0 bridgehead atoms. The Morgan fingerprint density at radius 3 is 2.27 bits per heavy atom. The minimum Gasteiger partial charge on any atom is -0.495 e. The first-order valence-electron chi connectivity index (χ1n) is 15.3. The molecule has 0 fully saturated rings. The number of benzene rings is 2. The normalized spacial score (nSPS) is 13.3. The molecule has 0 aliphatic heterocycles. The second-order valence-corrected chi connectivity index (χ2v) is 14.2. The van der Waals surface area contributed by atoms with Crippen molar-refractivity contribution < 1.29 is 33.2 Å². The van der Waals surface area contributed by atoms with E-state index < -0.39 is 27.6 Å². The van der Waals surface area contributed by atoms with E-state index >= 15 is 0 Å². The van der Waals surface area contributed by atoms with Crippen LogP contribution in [-0.4, -0.2) is 97.6 Å². The summed E-state index contributed by atoms with van der Waals surface area (Å²) < 4.78 is 38.1. The quantitative estimate of drug-likeness (QED) is 0.125. The van der Waals surface area contributed by atoms with Crippen LogP contribution in [0.2, 0.25) is 0 Å². The molecular formula is C33H45N7O7S. The number of methoxy groups -OCH3 is 2. The van der Waals surface area contributed by atoms with Gasteiger partial charge in [-0.25, -0.2) is 13.4 Å². The van der Waals surface area contributed by atoms with Crippen molar-refractivity contribution in [3.63, 3.8) is 0 Å². The Kier molecular flexibility index (Phi) is 13.2.